The molecule has 5 nitrogen and oxygen atoms in total. The van der Waals surface area contributed by atoms with E-state index in [9.17, 15) is 10.1 Å². The maximum atomic E-state index is 11.0. The molecule has 0 amide bonds. The van der Waals surface area contributed by atoms with Gasteiger partial charge in [-0.1, -0.05) is 52.5 Å². The standard InChI is InChI=1S/C22H13Cl4N3O2S/c23-15-4-1-14(18(25)9-15)11-28-21(13-2-6-17(7-3-13)29(30)31)12-32-22(28)27-20-8-5-16(24)10-19(20)26/h1-10,12H,11H2. The second-order valence-corrected chi connectivity index (χ2v) is 9.26. The zero-order valence-electron chi connectivity index (χ0n) is 16.1. The summed E-state index contributed by atoms with van der Waals surface area (Å²) in [5, 5.41) is 15.0. The van der Waals surface area contributed by atoms with Crippen LogP contribution in [-0.2, 0) is 6.54 Å². The number of benzene rings is 3. The molecule has 0 saturated heterocycles. The van der Waals surface area contributed by atoms with E-state index >= 15 is 0 Å². The molecule has 0 saturated carbocycles. The lowest BCUT2D eigenvalue weighted by molar-refractivity contribution is -0.384. The zero-order valence-corrected chi connectivity index (χ0v) is 20.0. The lowest BCUT2D eigenvalue weighted by Crippen LogP contribution is -2.17. The Morgan fingerprint density at radius 2 is 1.56 bits per heavy atom. The highest BCUT2D eigenvalue weighted by Crippen LogP contribution is 2.29. The van der Waals surface area contributed by atoms with Crippen LogP contribution >= 0.6 is 57.7 Å². The van der Waals surface area contributed by atoms with Crippen LogP contribution in [0.5, 0.6) is 0 Å². The summed E-state index contributed by atoms with van der Waals surface area (Å²) < 4.78 is 1.98. The van der Waals surface area contributed by atoms with Gasteiger partial charge in [-0.3, -0.25) is 10.1 Å². The van der Waals surface area contributed by atoms with Crippen molar-refractivity contribution in [2.24, 2.45) is 4.99 Å². The molecule has 0 N–H and O–H groups in total. The quantitative estimate of drug-likeness (QED) is 0.196. The summed E-state index contributed by atoms with van der Waals surface area (Å²) in [6.45, 7) is 0.413. The first-order chi connectivity index (χ1) is 15.3. The highest BCUT2D eigenvalue weighted by molar-refractivity contribution is 7.07. The Hall–Kier alpha value is -2.35. The van der Waals surface area contributed by atoms with Crippen LogP contribution in [0.4, 0.5) is 11.4 Å². The third-order valence-corrected chi connectivity index (χ3v) is 6.63. The number of nitro groups is 1. The van der Waals surface area contributed by atoms with Crippen molar-refractivity contribution in [3.05, 3.63) is 107 Å². The third-order valence-electron chi connectivity index (χ3n) is 4.64. The summed E-state index contributed by atoms with van der Waals surface area (Å²) >= 11 is 26.2. The summed E-state index contributed by atoms with van der Waals surface area (Å²) in [7, 11) is 0. The van der Waals surface area contributed by atoms with E-state index in [0.717, 1.165) is 16.8 Å². The van der Waals surface area contributed by atoms with E-state index < -0.39 is 4.92 Å². The van der Waals surface area contributed by atoms with Gasteiger partial charge in [0, 0.05) is 32.6 Å². The minimum absolute atomic E-state index is 0.0223. The van der Waals surface area contributed by atoms with Gasteiger partial charge >= 0.3 is 0 Å². The molecule has 0 bridgehead atoms. The molecule has 0 fully saturated rings. The summed E-state index contributed by atoms with van der Waals surface area (Å²) in [5.74, 6) is 0. The van der Waals surface area contributed by atoms with E-state index in [2.05, 4.69) is 0 Å². The van der Waals surface area contributed by atoms with Crippen molar-refractivity contribution in [2.75, 3.05) is 0 Å². The molecule has 4 aromatic rings. The van der Waals surface area contributed by atoms with E-state index in [1.165, 1.54) is 23.5 Å². The first-order valence-corrected chi connectivity index (χ1v) is 11.6. The number of rotatable bonds is 5. The third kappa shape index (κ3) is 5.00. The minimum atomic E-state index is -0.428. The molecule has 0 radical (unpaired) electrons. The molecule has 162 valence electrons. The highest BCUT2D eigenvalue weighted by atomic mass is 35.5. The largest absolute Gasteiger partial charge is 0.312 e. The normalized spacial score (nSPS) is 11.7. The molecule has 0 aliphatic heterocycles. The Labute approximate surface area is 207 Å². The van der Waals surface area contributed by atoms with Crippen LogP contribution < -0.4 is 4.80 Å². The molecule has 3 aromatic carbocycles. The van der Waals surface area contributed by atoms with Gasteiger partial charge in [-0.25, -0.2) is 4.99 Å². The maximum Gasteiger partial charge on any atom is 0.269 e. The van der Waals surface area contributed by atoms with Gasteiger partial charge in [0.05, 0.1) is 27.9 Å². The van der Waals surface area contributed by atoms with Gasteiger partial charge in [-0.2, -0.15) is 0 Å². The number of nitrogens with zero attached hydrogens (tertiary/aromatic N) is 3. The SMILES string of the molecule is O=[N+]([O-])c1ccc(-c2csc(=Nc3ccc(Cl)cc3Cl)n2Cc2ccc(Cl)cc2Cl)cc1. The van der Waals surface area contributed by atoms with Crippen molar-refractivity contribution in [1.29, 1.82) is 0 Å². The molecule has 0 aliphatic rings. The van der Waals surface area contributed by atoms with Crippen molar-refractivity contribution < 1.29 is 4.92 Å². The monoisotopic (exact) mass is 523 g/mol. The van der Waals surface area contributed by atoms with Crippen molar-refractivity contribution in [3.8, 4) is 11.3 Å². The summed E-state index contributed by atoms with van der Waals surface area (Å²) in [6.07, 6.45) is 0. The van der Waals surface area contributed by atoms with E-state index in [1.54, 1.807) is 42.5 Å². The van der Waals surface area contributed by atoms with Gasteiger partial charge in [0.15, 0.2) is 4.80 Å². The van der Waals surface area contributed by atoms with Crippen molar-refractivity contribution in [1.82, 2.24) is 4.57 Å². The van der Waals surface area contributed by atoms with Crippen LogP contribution in [0, 0.1) is 10.1 Å². The first kappa shape index (κ1) is 22.8. The van der Waals surface area contributed by atoms with Gasteiger partial charge in [0.25, 0.3) is 5.69 Å². The van der Waals surface area contributed by atoms with Crippen LogP contribution in [0.3, 0.4) is 0 Å². The second kappa shape index (κ2) is 9.65. The van der Waals surface area contributed by atoms with Crippen LogP contribution in [0.2, 0.25) is 20.1 Å². The Kier molecular flexibility index (Phi) is 6.88. The lowest BCUT2D eigenvalue weighted by Gasteiger charge is -2.11. The fraction of sp³-hybridized carbons (Fsp3) is 0.0455. The molecular formula is C22H13Cl4N3O2S. The molecule has 4 rings (SSSR count). The molecule has 1 aromatic heterocycles. The van der Waals surface area contributed by atoms with E-state index in [-0.39, 0.29) is 5.69 Å². The molecule has 0 aliphatic carbocycles. The van der Waals surface area contributed by atoms with Crippen molar-refractivity contribution in [2.45, 2.75) is 6.54 Å². The molecule has 0 atom stereocenters. The lowest BCUT2D eigenvalue weighted by atomic mass is 10.1. The van der Waals surface area contributed by atoms with E-state index in [1.807, 2.05) is 16.0 Å². The van der Waals surface area contributed by atoms with Gasteiger partial charge < -0.3 is 4.57 Å². The second-order valence-electron chi connectivity index (χ2n) is 6.74. The highest BCUT2D eigenvalue weighted by Gasteiger charge is 2.13. The van der Waals surface area contributed by atoms with Crippen LogP contribution in [-0.4, -0.2) is 9.49 Å². The maximum absolute atomic E-state index is 11.0. The number of non-ortho nitro benzene ring substituents is 1. The topological polar surface area (TPSA) is 60.4 Å². The summed E-state index contributed by atoms with van der Waals surface area (Å²) in [4.78, 5) is 16.0. The molecular weight excluding hydrogens is 512 g/mol. The number of halogens is 4. The average Bonchev–Trinajstić information content (AvgIpc) is 3.14. The van der Waals surface area contributed by atoms with E-state index in [0.29, 0.717) is 37.1 Å². The van der Waals surface area contributed by atoms with Gasteiger partial charge in [-0.05, 0) is 53.6 Å². The van der Waals surface area contributed by atoms with Crippen molar-refractivity contribution >= 4 is 69.1 Å². The van der Waals surface area contributed by atoms with Gasteiger partial charge in [0.2, 0.25) is 0 Å². The Balaban J connectivity index is 1.86. The fourth-order valence-electron chi connectivity index (χ4n) is 3.05. The van der Waals surface area contributed by atoms with Crippen LogP contribution in [0.25, 0.3) is 11.3 Å². The zero-order chi connectivity index (χ0) is 22.8. The molecule has 0 spiro atoms. The number of nitro benzene ring substituents is 1. The van der Waals surface area contributed by atoms with Crippen molar-refractivity contribution in [3.63, 3.8) is 0 Å². The first-order valence-electron chi connectivity index (χ1n) is 9.18. The summed E-state index contributed by atoms with van der Waals surface area (Å²) in [6, 6.07) is 16.8. The summed E-state index contributed by atoms with van der Waals surface area (Å²) in [5.41, 5.74) is 3.08. The van der Waals surface area contributed by atoms with Gasteiger partial charge in [0.1, 0.15) is 0 Å². The average molecular weight is 525 g/mol. The number of hydrogen-bond acceptors (Lipinski definition) is 4. The molecule has 10 heteroatoms. The number of hydrogen-bond donors (Lipinski definition) is 0. The van der Waals surface area contributed by atoms with E-state index in [4.69, 9.17) is 51.4 Å². The van der Waals surface area contributed by atoms with Crippen LogP contribution in [0.15, 0.2) is 71.0 Å². The number of aromatic nitrogens is 1. The van der Waals surface area contributed by atoms with Gasteiger partial charge in [-0.15, -0.1) is 11.3 Å². The molecule has 32 heavy (non-hydrogen) atoms. The van der Waals surface area contributed by atoms with Crippen LogP contribution in [0.1, 0.15) is 5.56 Å². The Bertz CT molecular complexity index is 1380. The number of thiazole rings is 1. The predicted molar refractivity (Wildman–Crippen MR) is 132 cm³/mol. The fourth-order valence-corrected chi connectivity index (χ4v) is 4.89. The molecule has 0 unspecified atom stereocenters. The Morgan fingerprint density at radius 3 is 2.19 bits per heavy atom. The minimum Gasteiger partial charge on any atom is -0.312 e. The predicted octanol–water partition coefficient (Wildman–Crippen LogP) is 8.02. The molecule has 1 heterocycles. The Morgan fingerprint density at radius 1 is 0.906 bits per heavy atom. The smallest absolute Gasteiger partial charge is 0.269 e.